The largest absolute Gasteiger partial charge is 0.493 e. The molecule has 2 aromatic carbocycles. The van der Waals surface area contributed by atoms with Crippen molar-refractivity contribution in [3.05, 3.63) is 53.6 Å². The average molecular weight is 465 g/mol. The number of likely N-dealkylation sites (tertiary alicyclic amines) is 1. The molecule has 0 saturated carbocycles. The molecule has 1 amide bonds. The van der Waals surface area contributed by atoms with Crippen LogP contribution in [0.3, 0.4) is 0 Å². The third kappa shape index (κ3) is 5.79. The van der Waals surface area contributed by atoms with Crippen molar-refractivity contribution >= 4 is 11.6 Å². The zero-order valence-electron chi connectivity index (χ0n) is 19.5. The molecule has 0 bridgehead atoms. The summed E-state index contributed by atoms with van der Waals surface area (Å²) in [6, 6.07) is 11.1. The molecule has 180 valence electrons. The summed E-state index contributed by atoms with van der Waals surface area (Å²) >= 11 is 0. The molecular weight excluding hydrogens is 433 g/mol. The average Bonchev–Trinajstić information content (AvgIpc) is 2.79. The van der Waals surface area contributed by atoms with E-state index in [-0.39, 0.29) is 30.0 Å². The highest BCUT2D eigenvalue weighted by atomic mass is 19.4. The molecule has 1 saturated heterocycles. The number of alkyl halides is 3. The molecule has 1 fully saturated rings. The van der Waals surface area contributed by atoms with Crippen molar-refractivity contribution in [1.29, 1.82) is 0 Å². The van der Waals surface area contributed by atoms with Crippen molar-refractivity contribution in [3.8, 4) is 11.5 Å². The Labute approximate surface area is 193 Å². The van der Waals surface area contributed by atoms with Crippen molar-refractivity contribution in [2.75, 3.05) is 32.2 Å². The van der Waals surface area contributed by atoms with E-state index in [1.807, 2.05) is 29.7 Å². The molecule has 3 rings (SSSR count). The summed E-state index contributed by atoms with van der Waals surface area (Å²) in [6.45, 7) is 5.16. The Balaban J connectivity index is 1.77. The fraction of sp³-hybridized carbons (Fsp3) is 0.480. The van der Waals surface area contributed by atoms with E-state index in [1.165, 1.54) is 12.1 Å². The normalized spacial score (nSPS) is 15.5. The molecule has 0 aromatic heterocycles. The maximum atomic E-state index is 13.4. The number of benzene rings is 2. The minimum Gasteiger partial charge on any atom is -0.493 e. The smallest absolute Gasteiger partial charge is 0.416 e. The number of halogens is 3. The molecule has 0 atom stereocenters. The topological polar surface area (TPSA) is 42.0 Å². The van der Waals surface area contributed by atoms with Gasteiger partial charge in [-0.1, -0.05) is 32.0 Å². The van der Waals surface area contributed by atoms with E-state index in [9.17, 15) is 18.0 Å². The van der Waals surface area contributed by atoms with E-state index in [0.717, 1.165) is 11.8 Å². The lowest BCUT2D eigenvalue weighted by atomic mass is 9.98. The Morgan fingerprint density at radius 3 is 2.27 bits per heavy atom. The van der Waals surface area contributed by atoms with Gasteiger partial charge in [-0.2, -0.15) is 13.2 Å². The SMILES string of the molecule is COc1ccc(N(C(=O)C(C)C)C2CCN(Cc3ccccc3C(F)(F)F)CC2)cc1OC. The number of ether oxygens (including phenoxy) is 2. The van der Waals surface area contributed by atoms with Crippen LogP contribution in [0.4, 0.5) is 18.9 Å². The van der Waals surface area contributed by atoms with Gasteiger partial charge in [-0.3, -0.25) is 9.69 Å². The van der Waals surface area contributed by atoms with Crippen LogP contribution in [0, 0.1) is 5.92 Å². The molecule has 1 heterocycles. The maximum Gasteiger partial charge on any atom is 0.416 e. The standard InChI is InChI=1S/C25H31F3N2O3/c1-17(2)24(31)30(20-9-10-22(32-3)23(15-20)33-4)19-11-13-29(14-12-19)16-18-7-5-6-8-21(18)25(26,27)28/h5-10,15,17,19H,11-14,16H2,1-4H3. The number of carbonyl (C=O) groups excluding carboxylic acids is 1. The number of hydrogen-bond acceptors (Lipinski definition) is 4. The number of piperidine rings is 1. The second-order valence-corrected chi connectivity index (χ2v) is 8.56. The van der Waals surface area contributed by atoms with Crippen LogP contribution in [0.25, 0.3) is 0 Å². The highest BCUT2D eigenvalue weighted by Gasteiger charge is 2.35. The van der Waals surface area contributed by atoms with Gasteiger partial charge in [-0.15, -0.1) is 0 Å². The summed E-state index contributed by atoms with van der Waals surface area (Å²) in [5.41, 5.74) is 0.416. The molecular formula is C25H31F3N2O3. The van der Waals surface area contributed by atoms with Crippen LogP contribution in [0.15, 0.2) is 42.5 Å². The van der Waals surface area contributed by atoms with Gasteiger partial charge in [0.1, 0.15) is 0 Å². The summed E-state index contributed by atoms with van der Waals surface area (Å²) in [5, 5.41) is 0. The fourth-order valence-electron chi connectivity index (χ4n) is 4.28. The van der Waals surface area contributed by atoms with Crippen molar-refractivity contribution in [1.82, 2.24) is 4.90 Å². The van der Waals surface area contributed by atoms with Gasteiger partial charge in [0.25, 0.3) is 0 Å². The van der Waals surface area contributed by atoms with Crippen molar-refractivity contribution < 1.29 is 27.4 Å². The highest BCUT2D eigenvalue weighted by Crippen LogP contribution is 2.35. The molecule has 1 aliphatic heterocycles. The highest BCUT2D eigenvalue weighted by molar-refractivity contribution is 5.95. The van der Waals surface area contributed by atoms with E-state index in [4.69, 9.17) is 9.47 Å². The third-order valence-electron chi connectivity index (χ3n) is 6.02. The lowest BCUT2D eigenvalue weighted by Crippen LogP contribution is -2.48. The van der Waals surface area contributed by atoms with E-state index < -0.39 is 11.7 Å². The quantitative estimate of drug-likeness (QED) is 0.552. The molecule has 0 N–H and O–H groups in total. The van der Waals surface area contributed by atoms with Crippen molar-refractivity contribution in [2.45, 2.75) is 45.5 Å². The van der Waals surface area contributed by atoms with E-state index in [0.29, 0.717) is 37.4 Å². The Bertz CT molecular complexity index is 954. The van der Waals surface area contributed by atoms with Gasteiger partial charge < -0.3 is 14.4 Å². The van der Waals surface area contributed by atoms with Crippen molar-refractivity contribution in [3.63, 3.8) is 0 Å². The Morgan fingerprint density at radius 1 is 1.06 bits per heavy atom. The number of rotatable bonds is 7. The number of carbonyl (C=O) groups is 1. The first-order valence-corrected chi connectivity index (χ1v) is 11.1. The molecule has 8 heteroatoms. The Hall–Kier alpha value is -2.74. The molecule has 0 aliphatic carbocycles. The van der Waals surface area contributed by atoms with Crippen LogP contribution in [0.1, 0.15) is 37.8 Å². The zero-order valence-corrected chi connectivity index (χ0v) is 19.5. The first kappa shape index (κ1) is 24.9. The van der Waals surface area contributed by atoms with Crippen LogP contribution in [0.2, 0.25) is 0 Å². The first-order chi connectivity index (χ1) is 15.7. The molecule has 0 spiro atoms. The van der Waals surface area contributed by atoms with Crippen LogP contribution in [-0.2, 0) is 17.5 Å². The summed E-state index contributed by atoms with van der Waals surface area (Å²) in [7, 11) is 3.11. The van der Waals surface area contributed by atoms with Gasteiger partial charge in [0.05, 0.1) is 19.8 Å². The Kier molecular flexibility index (Phi) is 7.89. The minimum absolute atomic E-state index is 0.00286. The van der Waals surface area contributed by atoms with Crippen LogP contribution in [0.5, 0.6) is 11.5 Å². The summed E-state index contributed by atoms with van der Waals surface area (Å²) in [6.07, 6.45) is -3.04. The predicted octanol–water partition coefficient (Wildman–Crippen LogP) is 5.38. The van der Waals surface area contributed by atoms with E-state index >= 15 is 0 Å². The second kappa shape index (κ2) is 10.5. The van der Waals surface area contributed by atoms with Gasteiger partial charge in [0.2, 0.25) is 5.91 Å². The van der Waals surface area contributed by atoms with Crippen molar-refractivity contribution in [2.24, 2.45) is 5.92 Å². The number of hydrogen-bond donors (Lipinski definition) is 0. The van der Waals surface area contributed by atoms with Crippen LogP contribution in [-0.4, -0.2) is 44.2 Å². The zero-order chi connectivity index (χ0) is 24.2. The molecule has 1 aliphatic rings. The number of amides is 1. The Morgan fingerprint density at radius 2 is 1.70 bits per heavy atom. The van der Waals surface area contributed by atoms with Gasteiger partial charge in [0, 0.05) is 43.3 Å². The second-order valence-electron chi connectivity index (χ2n) is 8.56. The fourth-order valence-corrected chi connectivity index (χ4v) is 4.28. The number of anilines is 1. The lowest BCUT2D eigenvalue weighted by molar-refractivity contribution is -0.138. The molecule has 33 heavy (non-hydrogen) atoms. The van der Waals surface area contributed by atoms with Gasteiger partial charge in [0.15, 0.2) is 11.5 Å². The van der Waals surface area contributed by atoms with Crippen LogP contribution >= 0.6 is 0 Å². The summed E-state index contributed by atoms with van der Waals surface area (Å²) < 4.78 is 50.8. The van der Waals surface area contributed by atoms with Crippen LogP contribution < -0.4 is 14.4 Å². The number of methoxy groups -OCH3 is 2. The number of nitrogens with zero attached hydrogens (tertiary/aromatic N) is 2. The van der Waals surface area contributed by atoms with E-state index in [2.05, 4.69) is 0 Å². The minimum atomic E-state index is -4.37. The molecule has 0 unspecified atom stereocenters. The predicted molar refractivity (Wildman–Crippen MR) is 122 cm³/mol. The molecule has 5 nitrogen and oxygen atoms in total. The molecule has 0 radical (unpaired) electrons. The third-order valence-corrected chi connectivity index (χ3v) is 6.02. The molecule has 2 aromatic rings. The van der Waals surface area contributed by atoms with Gasteiger partial charge >= 0.3 is 6.18 Å². The van der Waals surface area contributed by atoms with E-state index in [1.54, 1.807) is 32.4 Å². The lowest BCUT2D eigenvalue weighted by Gasteiger charge is -2.39. The van der Waals surface area contributed by atoms with Gasteiger partial charge in [-0.25, -0.2) is 0 Å². The summed E-state index contributed by atoms with van der Waals surface area (Å²) in [5.74, 6) is 0.923. The monoisotopic (exact) mass is 464 g/mol. The summed E-state index contributed by atoms with van der Waals surface area (Å²) in [4.78, 5) is 17.0. The maximum absolute atomic E-state index is 13.4. The van der Waals surface area contributed by atoms with Gasteiger partial charge in [-0.05, 0) is 36.6 Å². The first-order valence-electron chi connectivity index (χ1n) is 11.1.